The number of fused-ring (bicyclic) bond motifs is 1. The molecule has 1 heterocycles. The van der Waals surface area contributed by atoms with Crippen LogP contribution in [0.2, 0.25) is 0 Å². The Labute approximate surface area is 187 Å². The number of nitriles is 1. The lowest BCUT2D eigenvalue weighted by Crippen LogP contribution is -2.59. The summed E-state index contributed by atoms with van der Waals surface area (Å²) in [7, 11) is 0. The van der Waals surface area contributed by atoms with Gasteiger partial charge in [0.1, 0.15) is 0 Å². The number of nitrogens with zero attached hydrogens (tertiary/aromatic N) is 2. The fourth-order valence-electron chi connectivity index (χ4n) is 5.04. The molecule has 31 heavy (non-hydrogen) atoms. The highest BCUT2D eigenvalue weighted by molar-refractivity contribution is 5.82. The summed E-state index contributed by atoms with van der Waals surface area (Å²) in [5, 5.41) is 26.1. The van der Waals surface area contributed by atoms with Crippen LogP contribution in [0.4, 0.5) is 0 Å². The molecule has 1 aliphatic carbocycles. The molecule has 1 amide bonds. The van der Waals surface area contributed by atoms with Crippen LogP contribution in [-0.2, 0) is 11.3 Å². The number of hydrogen-bond acceptors (Lipinski definition) is 5. The molecule has 170 valence electrons. The van der Waals surface area contributed by atoms with E-state index in [9.17, 15) is 9.90 Å². The van der Waals surface area contributed by atoms with Gasteiger partial charge in [-0.3, -0.25) is 9.69 Å². The highest BCUT2D eigenvalue weighted by Gasteiger charge is 2.40. The van der Waals surface area contributed by atoms with Crippen molar-refractivity contribution in [2.75, 3.05) is 19.6 Å². The molecule has 2 aliphatic rings. The topological polar surface area (TPSA) is 88.4 Å². The first-order valence-electron chi connectivity index (χ1n) is 11.7. The number of rotatable bonds is 7. The molecule has 4 atom stereocenters. The molecule has 1 aliphatic heterocycles. The molecule has 0 aromatic heterocycles. The van der Waals surface area contributed by atoms with Crippen molar-refractivity contribution in [3.8, 4) is 6.07 Å². The van der Waals surface area contributed by atoms with E-state index < -0.39 is 6.10 Å². The average molecular weight is 427 g/mol. The summed E-state index contributed by atoms with van der Waals surface area (Å²) in [6.07, 6.45) is 5.38. The maximum atomic E-state index is 13.1. The third kappa shape index (κ3) is 7.03. The Balaban J connectivity index is 1.56. The molecule has 0 spiro atoms. The minimum absolute atomic E-state index is 0.0919. The van der Waals surface area contributed by atoms with Crippen LogP contribution in [0, 0.1) is 23.2 Å². The van der Waals surface area contributed by atoms with Crippen LogP contribution in [0.15, 0.2) is 24.3 Å². The van der Waals surface area contributed by atoms with Gasteiger partial charge in [0, 0.05) is 31.7 Å². The number of carbonyl (C=O) groups excluding carboxylic acids is 1. The molecule has 2 fully saturated rings. The van der Waals surface area contributed by atoms with Gasteiger partial charge in [0.2, 0.25) is 5.91 Å². The van der Waals surface area contributed by atoms with Crippen molar-refractivity contribution in [2.45, 2.75) is 77.1 Å². The number of β-amino-alcohol motifs (C(OH)–C–C–N with tert-alkyl or cyclic N) is 1. The van der Waals surface area contributed by atoms with Gasteiger partial charge in [-0.15, -0.1) is 0 Å². The smallest absolute Gasteiger partial charge is 0.237 e. The summed E-state index contributed by atoms with van der Waals surface area (Å²) in [6.45, 7) is 8.57. The zero-order chi connectivity index (χ0) is 22.4. The Morgan fingerprint density at radius 3 is 2.55 bits per heavy atom. The highest BCUT2D eigenvalue weighted by atomic mass is 16.3. The lowest BCUT2D eigenvalue weighted by molar-refractivity contribution is -0.132. The van der Waals surface area contributed by atoms with Crippen LogP contribution in [0.3, 0.4) is 0 Å². The molecule has 3 N–H and O–H groups in total. The van der Waals surface area contributed by atoms with Gasteiger partial charge in [0.05, 0.1) is 23.8 Å². The molecule has 6 nitrogen and oxygen atoms in total. The zero-order valence-corrected chi connectivity index (χ0v) is 19.2. The van der Waals surface area contributed by atoms with E-state index in [-0.39, 0.29) is 17.5 Å². The van der Waals surface area contributed by atoms with Crippen molar-refractivity contribution in [3.05, 3.63) is 35.4 Å². The van der Waals surface area contributed by atoms with E-state index in [1.54, 1.807) is 12.1 Å². The lowest BCUT2D eigenvalue weighted by Gasteiger charge is -2.46. The van der Waals surface area contributed by atoms with Crippen molar-refractivity contribution < 1.29 is 9.90 Å². The first-order chi connectivity index (χ1) is 14.7. The maximum absolute atomic E-state index is 13.1. The van der Waals surface area contributed by atoms with E-state index in [1.807, 2.05) is 32.9 Å². The number of piperidine rings is 1. The summed E-state index contributed by atoms with van der Waals surface area (Å²) in [5.74, 6) is 1.37. The minimum Gasteiger partial charge on any atom is -0.390 e. The molecule has 6 heteroatoms. The van der Waals surface area contributed by atoms with Crippen molar-refractivity contribution in [1.29, 1.82) is 5.26 Å². The predicted molar refractivity (Wildman–Crippen MR) is 122 cm³/mol. The van der Waals surface area contributed by atoms with Gasteiger partial charge in [-0.25, -0.2) is 0 Å². The monoisotopic (exact) mass is 426 g/mol. The number of aliphatic hydroxyl groups excluding tert-OH is 1. The van der Waals surface area contributed by atoms with Gasteiger partial charge >= 0.3 is 0 Å². The molecule has 0 bridgehead atoms. The van der Waals surface area contributed by atoms with E-state index in [0.717, 1.165) is 18.5 Å². The van der Waals surface area contributed by atoms with Crippen molar-refractivity contribution >= 4 is 5.91 Å². The molecular formula is C25H38N4O2. The highest BCUT2D eigenvalue weighted by Crippen LogP contribution is 2.38. The molecule has 1 saturated carbocycles. The largest absolute Gasteiger partial charge is 0.390 e. The van der Waals surface area contributed by atoms with E-state index >= 15 is 0 Å². The van der Waals surface area contributed by atoms with Crippen LogP contribution in [0.5, 0.6) is 0 Å². The summed E-state index contributed by atoms with van der Waals surface area (Å²) in [4.78, 5) is 15.3. The Morgan fingerprint density at radius 2 is 1.90 bits per heavy atom. The first-order valence-corrected chi connectivity index (χ1v) is 11.7. The van der Waals surface area contributed by atoms with Gasteiger partial charge in [0.25, 0.3) is 0 Å². The Morgan fingerprint density at radius 1 is 1.23 bits per heavy atom. The third-order valence-electron chi connectivity index (χ3n) is 6.54. The summed E-state index contributed by atoms with van der Waals surface area (Å²) >= 11 is 0. The SMILES string of the molecule is CC(C)(C)NC(=O)[C@@H]1C[C@@H]2CCCC[C@@H]2CN1C[C@H](O)CNCc1ccc(C#N)cc1. The fourth-order valence-corrected chi connectivity index (χ4v) is 5.04. The van der Waals surface area contributed by atoms with Crippen LogP contribution in [0.25, 0.3) is 0 Å². The normalized spacial score (nSPS) is 25.3. The van der Waals surface area contributed by atoms with E-state index in [4.69, 9.17) is 5.26 Å². The number of hydrogen-bond donors (Lipinski definition) is 3. The van der Waals surface area contributed by atoms with Crippen LogP contribution in [-0.4, -0.2) is 53.2 Å². The second-order valence-corrected chi connectivity index (χ2v) is 10.3. The number of carbonyl (C=O) groups is 1. The van der Waals surface area contributed by atoms with E-state index in [2.05, 4.69) is 21.6 Å². The molecular weight excluding hydrogens is 388 g/mol. The van der Waals surface area contributed by atoms with E-state index in [0.29, 0.717) is 37.0 Å². The Kier molecular flexibility index (Phi) is 8.10. The van der Waals surface area contributed by atoms with Crippen molar-refractivity contribution in [3.63, 3.8) is 0 Å². The summed E-state index contributed by atoms with van der Waals surface area (Å²) in [5.41, 5.74) is 1.47. The van der Waals surface area contributed by atoms with Gasteiger partial charge in [-0.05, 0) is 63.1 Å². The maximum Gasteiger partial charge on any atom is 0.237 e. The molecule has 1 aromatic rings. The van der Waals surface area contributed by atoms with Crippen LogP contribution in [0.1, 0.15) is 64.0 Å². The number of amides is 1. The molecule has 1 saturated heterocycles. The molecule has 0 radical (unpaired) electrons. The van der Waals surface area contributed by atoms with Crippen molar-refractivity contribution in [2.24, 2.45) is 11.8 Å². The van der Waals surface area contributed by atoms with Crippen LogP contribution < -0.4 is 10.6 Å². The van der Waals surface area contributed by atoms with Gasteiger partial charge in [0.15, 0.2) is 0 Å². The van der Waals surface area contributed by atoms with Gasteiger partial charge in [-0.1, -0.05) is 31.4 Å². The minimum atomic E-state index is -0.538. The zero-order valence-electron chi connectivity index (χ0n) is 19.2. The number of benzene rings is 1. The predicted octanol–water partition coefficient (Wildman–Crippen LogP) is 2.80. The molecule has 0 unspecified atom stereocenters. The second kappa shape index (κ2) is 10.6. The summed E-state index contributed by atoms with van der Waals surface area (Å²) in [6, 6.07) is 9.43. The molecule has 1 aromatic carbocycles. The van der Waals surface area contributed by atoms with Gasteiger partial charge < -0.3 is 15.7 Å². The quantitative estimate of drug-likeness (QED) is 0.624. The number of nitrogens with one attached hydrogen (secondary N) is 2. The Hall–Kier alpha value is -1.94. The molecule has 3 rings (SSSR count). The van der Waals surface area contributed by atoms with Crippen LogP contribution >= 0.6 is 0 Å². The fraction of sp³-hybridized carbons (Fsp3) is 0.680. The number of aliphatic hydroxyl groups is 1. The van der Waals surface area contributed by atoms with E-state index in [1.165, 1.54) is 25.7 Å². The average Bonchev–Trinajstić information content (AvgIpc) is 2.72. The number of likely N-dealkylation sites (tertiary alicyclic amines) is 1. The third-order valence-corrected chi connectivity index (χ3v) is 6.54. The van der Waals surface area contributed by atoms with Gasteiger partial charge in [-0.2, -0.15) is 5.26 Å². The standard InChI is InChI=1S/C25H38N4O2/c1-25(2,3)28-24(31)23-12-20-6-4-5-7-21(20)16-29(23)17-22(30)15-27-14-19-10-8-18(13-26)9-11-19/h8-11,20-23,27,30H,4-7,12,14-17H2,1-3H3,(H,28,31)/t20-,21+,22+,23-/m0/s1. The van der Waals surface area contributed by atoms with Crippen molar-refractivity contribution in [1.82, 2.24) is 15.5 Å². The lowest BCUT2D eigenvalue weighted by atomic mass is 9.72. The summed E-state index contributed by atoms with van der Waals surface area (Å²) < 4.78 is 0. The first kappa shape index (κ1) is 23.7. The Bertz CT molecular complexity index is 765. The second-order valence-electron chi connectivity index (χ2n) is 10.3.